The average molecular weight is 232 g/mol. The number of nitrogens with two attached hydrogens (primary N) is 1. The summed E-state index contributed by atoms with van der Waals surface area (Å²) >= 11 is 0. The zero-order valence-corrected chi connectivity index (χ0v) is 9.97. The fraction of sp³-hybridized carbons (Fsp3) is 0.308. The topological polar surface area (TPSA) is 72.3 Å². The minimum absolute atomic E-state index is 0.225. The van der Waals surface area contributed by atoms with E-state index >= 15 is 0 Å². The van der Waals surface area contributed by atoms with Crippen molar-refractivity contribution in [3.8, 4) is 17.2 Å². The molecule has 1 aromatic heterocycles. The molecular formula is C13H16N2O2. The van der Waals surface area contributed by atoms with Crippen molar-refractivity contribution in [3.63, 3.8) is 0 Å². The van der Waals surface area contributed by atoms with E-state index < -0.39 is 0 Å². The summed E-state index contributed by atoms with van der Waals surface area (Å²) in [5.74, 6) is 1.78. The van der Waals surface area contributed by atoms with Gasteiger partial charge in [0.15, 0.2) is 0 Å². The number of phenolic OH excluding ortho intramolecular Hbond substituents is 1. The SMILES string of the molecule is CC(C)c1nc(-c2ccc(O)cc2)oc1CN. The summed E-state index contributed by atoms with van der Waals surface area (Å²) < 4.78 is 5.63. The number of aromatic nitrogens is 1. The number of benzene rings is 1. The molecule has 4 nitrogen and oxygen atoms in total. The van der Waals surface area contributed by atoms with Gasteiger partial charge in [0.05, 0.1) is 12.2 Å². The summed E-state index contributed by atoms with van der Waals surface area (Å²) in [6, 6.07) is 6.75. The molecule has 1 aromatic carbocycles. The Morgan fingerprint density at radius 3 is 2.41 bits per heavy atom. The van der Waals surface area contributed by atoms with Crippen LogP contribution in [0.15, 0.2) is 28.7 Å². The molecule has 0 unspecified atom stereocenters. The van der Waals surface area contributed by atoms with Gasteiger partial charge in [0.2, 0.25) is 5.89 Å². The lowest BCUT2D eigenvalue weighted by Crippen LogP contribution is -2.00. The largest absolute Gasteiger partial charge is 0.508 e. The van der Waals surface area contributed by atoms with Crippen LogP contribution < -0.4 is 5.73 Å². The summed E-state index contributed by atoms with van der Waals surface area (Å²) in [7, 11) is 0. The van der Waals surface area contributed by atoms with Crippen LogP contribution >= 0.6 is 0 Å². The molecule has 0 spiro atoms. The highest BCUT2D eigenvalue weighted by Crippen LogP contribution is 2.27. The maximum Gasteiger partial charge on any atom is 0.226 e. The molecule has 0 saturated carbocycles. The number of rotatable bonds is 3. The molecule has 0 amide bonds. The Balaban J connectivity index is 2.42. The third-order valence-corrected chi connectivity index (χ3v) is 2.57. The monoisotopic (exact) mass is 232 g/mol. The van der Waals surface area contributed by atoms with E-state index in [1.165, 1.54) is 0 Å². The van der Waals surface area contributed by atoms with Gasteiger partial charge in [-0.05, 0) is 30.2 Å². The third-order valence-electron chi connectivity index (χ3n) is 2.57. The maximum absolute atomic E-state index is 9.23. The molecule has 2 aromatic rings. The molecule has 0 atom stereocenters. The quantitative estimate of drug-likeness (QED) is 0.853. The zero-order valence-electron chi connectivity index (χ0n) is 9.97. The van der Waals surface area contributed by atoms with Gasteiger partial charge in [0, 0.05) is 5.56 Å². The molecule has 90 valence electrons. The van der Waals surface area contributed by atoms with E-state index in [1.807, 2.05) is 0 Å². The molecule has 1 heterocycles. The van der Waals surface area contributed by atoms with E-state index in [9.17, 15) is 5.11 Å². The van der Waals surface area contributed by atoms with E-state index in [0.717, 1.165) is 17.0 Å². The van der Waals surface area contributed by atoms with Gasteiger partial charge in [-0.25, -0.2) is 4.98 Å². The Morgan fingerprint density at radius 2 is 1.94 bits per heavy atom. The zero-order chi connectivity index (χ0) is 12.4. The van der Waals surface area contributed by atoms with Gasteiger partial charge in [0.25, 0.3) is 0 Å². The van der Waals surface area contributed by atoms with Crippen molar-refractivity contribution >= 4 is 0 Å². The van der Waals surface area contributed by atoms with Crippen molar-refractivity contribution in [1.82, 2.24) is 4.98 Å². The fourth-order valence-electron chi connectivity index (χ4n) is 1.69. The first kappa shape index (κ1) is 11.7. The van der Waals surface area contributed by atoms with Crippen LogP contribution in [0.2, 0.25) is 0 Å². The summed E-state index contributed by atoms with van der Waals surface area (Å²) in [5, 5.41) is 9.23. The van der Waals surface area contributed by atoms with Crippen molar-refractivity contribution in [2.24, 2.45) is 5.73 Å². The van der Waals surface area contributed by atoms with Crippen LogP contribution in [-0.4, -0.2) is 10.1 Å². The minimum Gasteiger partial charge on any atom is -0.508 e. The fourth-order valence-corrected chi connectivity index (χ4v) is 1.69. The van der Waals surface area contributed by atoms with Crippen molar-refractivity contribution in [3.05, 3.63) is 35.7 Å². The second kappa shape index (κ2) is 4.59. The van der Waals surface area contributed by atoms with Gasteiger partial charge in [-0.15, -0.1) is 0 Å². The second-order valence-corrected chi connectivity index (χ2v) is 4.23. The number of hydrogen-bond donors (Lipinski definition) is 2. The molecule has 2 rings (SSSR count). The van der Waals surface area contributed by atoms with Gasteiger partial charge in [0.1, 0.15) is 11.5 Å². The minimum atomic E-state index is 0.225. The van der Waals surface area contributed by atoms with Crippen molar-refractivity contribution in [1.29, 1.82) is 0 Å². The Morgan fingerprint density at radius 1 is 1.29 bits per heavy atom. The molecular weight excluding hydrogens is 216 g/mol. The van der Waals surface area contributed by atoms with Gasteiger partial charge in [-0.1, -0.05) is 13.8 Å². The molecule has 3 N–H and O–H groups in total. The molecule has 0 fully saturated rings. The predicted octanol–water partition coefficient (Wildman–Crippen LogP) is 2.63. The lowest BCUT2D eigenvalue weighted by Gasteiger charge is -1.99. The number of aromatic hydroxyl groups is 1. The Hall–Kier alpha value is -1.81. The van der Waals surface area contributed by atoms with Crippen molar-refractivity contribution in [2.75, 3.05) is 0 Å². The number of phenols is 1. The van der Waals surface area contributed by atoms with Gasteiger partial charge in [-0.2, -0.15) is 0 Å². The third kappa shape index (κ3) is 2.31. The number of oxazole rings is 1. The Labute approximate surface area is 100 Å². The molecule has 0 bridgehead atoms. The number of nitrogens with zero attached hydrogens (tertiary/aromatic N) is 1. The molecule has 0 aliphatic rings. The lowest BCUT2D eigenvalue weighted by molar-refractivity contribution is 0.475. The van der Waals surface area contributed by atoms with E-state index in [1.54, 1.807) is 24.3 Å². The van der Waals surface area contributed by atoms with Crippen LogP contribution in [0.25, 0.3) is 11.5 Å². The maximum atomic E-state index is 9.23. The smallest absolute Gasteiger partial charge is 0.226 e. The van der Waals surface area contributed by atoms with Gasteiger partial charge < -0.3 is 15.3 Å². The molecule has 17 heavy (non-hydrogen) atoms. The highest BCUT2D eigenvalue weighted by molar-refractivity contribution is 5.55. The van der Waals surface area contributed by atoms with E-state index in [0.29, 0.717) is 12.4 Å². The highest BCUT2D eigenvalue weighted by atomic mass is 16.4. The average Bonchev–Trinajstić information content (AvgIpc) is 2.74. The van der Waals surface area contributed by atoms with Crippen LogP contribution in [0.3, 0.4) is 0 Å². The second-order valence-electron chi connectivity index (χ2n) is 4.23. The number of hydrogen-bond acceptors (Lipinski definition) is 4. The van der Waals surface area contributed by atoms with E-state index in [4.69, 9.17) is 10.2 Å². The van der Waals surface area contributed by atoms with E-state index in [-0.39, 0.29) is 11.7 Å². The highest BCUT2D eigenvalue weighted by Gasteiger charge is 2.15. The van der Waals surface area contributed by atoms with Gasteiger partial charge in [-0.3, -0.25) is 0 Å². The summed E-state index contributed by atoms with van der Waals surface area (Å²) in [5.41, 5.74) is 7.37. The summed E-state index contributed by atoms with van der Waals surface area (Å²) in [4.78, 5) is 4.45. The first-order chi connectivity index (χ1) is 8.11. The Bertz CT molecular complexity index is 501. The predicted molar refractivity (Wildman–Crippen MR) is 65.6 cm³/mol. The molecule has 0 radical (unpaired) electrons. The van der Waals surface area contributed by atoms with Crippen LogP contribution in [0.1, 0.15) is 31.2 Å². The normalized spacial score (nSPS) is 11.1. The van der Waals surface area contributed by atoms with Gasteiger partial charge >= 0.3 is 0 Å². The lowest BCUT2D eigenvalue weighted by atomic mass is 10.1. The Kier molecular flexibility index (Phi) is 3.15. The molecule has 0 aliphatic heterocycles. The van der Waals surface area contributed by atoms with Crippen LogP contribution in [0.4, 0.5) is 0 Å². The molecule has 4 heteroatoms. The van der Waals surface area contributed by atoms with Crippen LogP contribution in [-0.2, 0) is 6.54 Å². The molecule has 0 saturated heterocycles. The van der Waals surface area contributed by atoms with Crippen molar-refractivity contribution < 1.29 is 9.52 Å². The molecule has 0 aliphatic carbocycles. The first-order valence-electron chi connectivity index (χ1n) is 5.61. The van der Waals surface area contributed by atoms with Crippen LogP contribution in [0.5, 0.6) is 5.75 Å². The first-order valence-corrected chi connectivity index (χ1v) is 5.61. The van der Waals surface area contributed by atoms with Crippen molar-refractivity contribution in [2.45, 2.75) is 26.3 Å². The summed E-state index contributed by atoms with van der Waals surface area (Å²) in [6.07, 6.45) is 0. The van der Waals surface area contributed by atoms with E-state index in [2.05, 4.69) is 18.8 Å². The van der Waals surface area contributed by atoms with Crippen LogP contribution in [0, 0.1) is 0 Å². The standard InChI is InChI=1S/C13H16N2O2/c1-8(2)12-11(7-14)17-13(15-12)9-3-5-10(16)6-4-9/h3-6,8,16H,7,14H2,1-2H3. The summed E-state index contributed by atoms with van der Waals surface area (Å²) in [6.45, 7) is 4.45.